The summed E-state index contributed by atoms with van der Waals surface area (Å²) in [4.78, 5) is 40.6. The number of carbonyl (C=O) groups is 2. The van der Waals surface area contributed by atoms with E-state index < -0.39 is 0 Å². The second-order valence-electron chi connectivity index (χ2n) is 15.7. The summed E-state index contributed by atoms with van der Waals surface area (Å²) in [7, 11) is 3.11. The van der Waals surface area contributed by atoms with E-state index in [1.54, 1.807) is 48.3 Å². The summed E-state index contributed by atoms with van der Waals surface area (Å²) in [6, 6.07) is 23.2. The molecule has 4 aliphatic heterocycles. The number of aliphatic imine (C=N–C) groups is 2. The average Bonchev–Trinajstić information content (AvgIpc) is 3.77. The predicted molar refractivity (Wildman–Crippen MR) is 224 cm³/mol. The molecule has 57 heavy (non-hydrogen) atoms. The highest BCUT2D eigenvalue weighted by molar-refractivity contribution is 6.06. The molecule has 4 aromatic carbocycles. The lowest BCUT2D eigenvalue weighted by atomic mass is 10.0. The number of carbonyl (C=O) groups excluding carboxylic acids is 2. The first-order valence-corrected chi connectivity index (χ1v) is 19.3. The molecule has 2 amide bonds. The Morgan fingerprint density at radius 2 is 1.12 bits per heavy atom. The van der Waals surface area contributed by atoms with Crippen molar-refractivity contribution in [2.24, 2.45) is 9.98 Å². The largest absolute Gasteiger partial charge is 0.493 e. The lowest BCUT2D eigenvalue weighted by Gasteiger charge is -2.22. The number of anilines is 1. The van der Waals surface area contributed by atoms with Crippen LogP contribution in [0.15, 0.2) is 95.2 Å². The van der Waals surface area contributed by atoms with Crippen LogP contribution in [-0.4, -0.2) is 79.1 Å². The van der Waals surface area contributed by atoms with Gasteiger partial charge in [-0.2, -0.15) is 0 Å². The Hall–Kier alpha value is -6.36. The van der Waals surface area contributed by atoms with Crippen LogP contribution in [0.25, 0.3) is 11.1 Å². The summed E-state index contributed by atoms with van der Waals surface area (Å²) < 4.78 is 23.6. The highest BCUT2D eigenvalue weighted by Crippen LogP contribution is 2.42. The monoisotopic (exact) mass is 765 g/mol. The van der Waals surface area contributed by atoms with Crippen molar-refractivity contribution in [2.75, 3.05) is 32.8 Å². The van der Waals surface area contributed by atoms with Crippen LogP contribution in [0.2, 0.25) is 0 Å². The fourth-order valence-corrected chi connectivity index (χ4v) is 7.53. The molecule has 4 heterocycles. The van der Waals surface area contributed by atoms with Gasteiger partial charge in [0.25, 0.3) is 11.8 Å². The molecule has 2 atom stereocenters. The summed E-state index contributed by atoms with van der Waals surface area (Å²) in [6.45, 7) is 9.07. The molecule has 0 spiro atoms. The van der Waals surface area contributed by atoms with E-state index in [1.165, 1.54) is 5.56 Å². The zero-order valence-corrected chi connectivity index (χ0v) is 33.2. The number of nitrogens with zero attached hydrogens (tertiary/aromatic N) is 4. The maximum absolute atomic E-state index is 13.9. The Labute approximate surface area is 333 Å². The number of rotatable bonds is 11. The van der Waals surface area contributed by atoms with Gasteiger partial charge in [0.05, 0.1) is 62.0 Å². The predicted octanol–water partition coefficient (Wildman–Crippen LogP) is 9.01. The van der Waals surface area contributed by atoms with Crippen molar-refractivity contribution in [1.29, 1.82) is 0 Å². The van der Waals surface area contributed by atoms with E-state index in [-0.39, 0.29) is 29.4 Å². The van der Waals surface area contributed by atoms with Crippen molar-refractivity contribution in [1.82, 2.24) is 9.80 Å². The van der Waals surface area contributed by atoms with Crippen LogP contribution in [0, 0.1) is 6.92 Å². The quantitative estimate of drug-likeness (QED) is 0.152. The molecule has 4 aromatic rings. The number of hydrogen-bond donors (Lipinski definition) is 1. The van der Waals surface area contributed by atoms with Crippen molar-refractivity contribution < 1.29 is 28.5 Å². The maximum Gasteiger partial charge on any atom is 0.260 e. The first-order chi connectivity index (χ1) is 27.5. The molecule has 0 radical (unpaired) electrons. The van der Waals surface area contributed by atoms with Crippen molar-refractivity contribution in [3.05, 3.63) is 113 Å². The Bertz CT molecular complexity index is 2340. The maximum atomic E-state index is 13.9. The molecule has 292 valence electrons. The summed E-state index contributed by atoms with van der Waals surface area (Å²) >= 11 is 0. The van der Waals surface area contributed by atoms with E-state index in [9.17, 15) is 9.59 Å². The molecular formula is C46H47N5O6. The fourth-order valence-electron chi connectivity index (χ4n) is 7.53. The molecule has 8 rings (SSSR count). The van der Waals surface area contributed by atoms with Gasteiger partial charge < -0.3 is 34.1 Å². The number of nitrogens with one attached hydrogen (secondary N) is 1. The van der Waals surface area contributed by atoms with E-state index in [0.29, 0.717) is 78.0 Å². The number of fused-ring (bicyclic) bond motifs is 4. The molecule has 11 nitrogen and oxygen atoms in total. The van der Waals surface area contributed by atoms with E-state index in [0.717, 1.165) is 28.0 Å². The van der Waals surface area contributed by atoms with Gasteiger partial charge in [0, 0.05) is 67.5 Å². The minimum absolute atomic E-state index is 0.0349. The van der Waals surface area contributed by atoms with Gasteiger partial charge in [-0.05, 0) is 74.2 Å². The van der Waals surface area contributed by atoms with Gasteiger partial charge in [0.2, 0.25) is 0 Å². The number of ether oxygens (including phenoxy) is 4. The van der Waals surface area contributed by atoms with E-state index in [1.807, 2.05) is 24.8 Å². The highest BCUT2D eigenvalue weighted by Gasteiger charge is 2.35. The zero-order chi connectivity index (χ0) is 39.8. The van der Waals surface area contributed by atoms with Crippen LogP contribution < -0.4 is 24.3 Å². The van der Waals surface area contributed by atoms with Crippen molar-refractivity contribution in [3.63, 3.8) is 0 Å². The number of aryl methyl sites for hydroxylation is 1. The van der Waals surface area contributed by atoms with Crippen molar-refractivity contribution in [2.45, 2.75) is 64.6 Å². The second kappa shape index (κ2) is 15.3. The zero-order valence-electron chi connectivity index (χ0n) is 33.2. The summed E-state index contributed by atoms with van der Waals surface area (Å²) in [5.74, 6) is 1.59. The second-order valence-corrected chi connectivity index (χ2v) is 15.7. The summed E-state index contributed by atoms with van der Waals surface area (Å²) in [5.41, 5.74) is 8.52. The van der Waals surface area contributed by atoms with Gasteiger partial charge in [0.15, 0.2) is 23.0 Å². The lowest BCUT2D eigenvalue weighted by molar-refractivity contribution is 0.0809. The van der Waals surface area contributed by atoms with Gasteiger partial charge >= 0.3 is 0 Å². The van der Waals surface area contributed by atoms with E-state index in [2.05, 4.69) is 81.5 Å². The molecule has 0 saturated heterocycles. The highest BCUT2D eigenvalue weighted by atomic mass is 16.5. The Kier molecular flexibility index (Phi) is 10.1. The van der Waals surface area contributed by atoms with Crippen LogP contribution in [-0.2, 0) is 0 Å². The van der Waals surface area contributed by atoms with Gasteiger partial charge in [-0.25, -0.2) is 0 Å². The Balaban J connectivity index is 0.899. The minimum atomic E-state index is -0.195. The number of benzene rings is 4. The van der Waals surface area contributed by atoms with E-state index in [4.69, 9.17) is 28.9 Å². The molecule has 0 aromatic heterocycles. The third-order valence-corrected chi connectivity index (χ3v) is 10.4. The minimum Gasteiger partial charge on any atom is -0.493 e. The molecule has 0 aliphatic carbocycles. The SMILES string of the molecule is COc1cc2c(cc1OCCCOc1cc3c(cc1OC)C(=O)N1C=C(c4ccc(NC(C)(C)C)cc4)C[C@H]1C=N3)N=C[C@@H]1CC(c3ccc(C)cc3)=CN1C2=O. The Morgan fingerprint density at radius 1 is 0.667 bits per heavy atom. The van der Waals surface area contributed by atoms with Crippen LogP contribution in [0.5, 0.6) is 23.0 Å². The standard InChI is InChI=1S/C46H47N5O6/c1-28-8-10-29(11-9-28)31-18-34-24-47-38-22-42(40(54-5)20-36(38)44(52)50(34)26-31)56-16-7-17-57-43-23-39-37(21-41(43)55-6)45(53)51-27-32(19-35(51)25-48-39)30-12-14-33(15-13-30)49-46(2,3)4/h8-15,20-27,34-35,49H,7,16-19H2,1-6H3/t34-,35-/m0/s1. The van der Waals surface area contributed by atoms with E-state index >= 15 is 0 Å². The first kappa shape index (κ1) is 37.6. The molecule has 0 unspecified atom stereocenters. The van der Waals surface area contributed by atoms with Gasteiger partial charge in [-0.3, -0.25) is 19.6 Å². The van der Waals surface area contributed by atoms with Crippen molar-refractivity contribution in [3.8, 4) is 23.0 Å². The topological polar surface area (TPSA) is 114 Å². The Morgan fingerprint density at radius 3 is 1.56 bits per heavy atom. The summed E-state index contributed by atoms with van der Waals surface area (Å²) in [5, 5.41) is 3.49. The number of methoxy groups -OCH3 is 2. The first-order valence-electron chi connectivity index (χ1n) is 19.3. The van der Waals surface area contributed by atoms with Crippen molar-refractivity contribution >= 4 is 52.5 Å². The molecule has 11 heteroatoms. The number of amides is 2. The van der Waals surface area contributed by atoms with Gasteiger partial charge in [-0.15, -0.1) is 0 Å². The average molecular weight is 766 g/mol. The van der Waals surface area contributed by atoms with Gasteiger partial charge in [0.1, 0.15) is 0 Å². The molecular weight excluding hydrogens is 719 g/mol. The molecule has 4 aliphatic rings. The van der Waals surface area contributed by atoms with Gasteiger partial charge in [-0.1, -0.05) is 42.0 Å². The molecule has 1 N–H and O–H groups in total. The summed E-state index contributed by atoms with van der Waals surface area (Å²) in [6.07, 6.45) is 9.42. The van der Waals surface area contributed by atoms with Crippen LogP contribution in [0.1, 0.15) is 77.4 Å². The molecule has 0 saturated carbocycles. The fraction of sp³-hybridized carbons (Fsp3) is 0.304. The van der Waals surface area contributed by atoms with Crippen LogP contribution >= 0.6 is 0 Å². The molecule has 0 fully saturated rings. The number of hydrogen-bond acceptors (Lipinski definition) is 9. The van der Waals surface area contributed by atoms with Crippen LogP contribution in [0.4, 0.5) is 17.1 Å². The third kappa shape index (κ3) is 7.74. The lowest BCUT2D eigenvalue weighted by Crippen LogP contribution is -2.32. The smallest absolute Gasteiger partial charge is 0.260 e. The normalized spacial score (nSPS) is 18.1. The van der Waals surface area contributed by atoms with Crippen LogP contribution in [0.3, 0.4) is 0 Å². The third-order valence-electron chi connectivity index (χ3n) is 10.4. The molecule has 0 bridgehead atoms.